The van der Waals surface area contributed by atoms with Crippen LogP contribution in [0.25, 0.3) is 0 Å². The molecule has 2 fully saturated rings. The van der Waals surface area contributed by atoms with E-state index in [0.29, 0.717) is 17.8 Å². The summed E-state index contributed by atoms with van der Waals surface area (Å²) in [5.41, 5.74) is 0. The fraction of sp³-hybridized carbons (Fsp3) is 0.917. The Bertz CT molecular complexity index is 190. The summed E-state index contributed by atoms with van der Waals surface area (Å²) in [6, 6.07) is 0. The minimum atomic E-state index is 0.456. The largest absolute Gasteiger partial charge is 0.378 e. The van der Waals surface area contributed by atoms with Crippen molar-refractivity contribution in [2.45, 2.75) is 57.5 Å². The molecular formula is C12H20O2. The van der Waals surface area contributed by atoms with Crippen LogP contribution in [-0.2, 0) is 9.53 Å². The maximum absolute atomic E-state index is 11.4. The molecule has 2 aliphatic rings. The van der Waals surface area contributed by atoms with E-state index < -0.39 is 0 Å². The average molecular weight is 196 g/mol. The van der Waals surface area contributed by atoms with Crippen LogP contribution >= 0.6 is 0 Å². The van der Waals surface area contributed by atoms with Gasteiger partial charge in [0.2, 0.25) is 0 Å². The third-order valence-electron chi connectivity index (χ3n) is 3.26. The summed E-state index contributed by atoms with van der Waals surface area (Å²) in [6.07, 6.45) is 9.51. The molecule has 1 saturated carbocycles. The van der Waals surface area contributed by atoms with Crippen LogP contribution in [0.2, 0.25) is 0 Å². The van der Waals surface area contributed by atoms with Crippen LogP contribution in [0.4, 0.5) is 0 Å². The molecule has 1 unspecified atom stereocenters. The SMILES string of the molecule is O=C(CCCCC1CCCO1)C1CC1. The number of hydrogen-bond donors (Lipinski definition) is 0. The molecule has 0 amide bonds. The number of carbonyl (C=O) groups excluding carboxylic acids is 1. The second kappa shape index (κ2) is 4.92. The summed E-state index contributed by atoms with van der Waals surface area (Å²) in [4.78, 5) is 11.4. The van der Waals surface area contributed by atoms with Crippen molar-refractivity contribution in [1.82, 2.24) is 0 Å². The van der Waals surface area contributed by atoms with Gasteiger partial charge in [-0.15, -0.1) is 0 Å². The number of ether oxygens (including phenoxy) is 1. The van der Waals surface area contributed by atoms with Crippen LogP contribution in [0.1, 0.15) is 51.4 Å². The Hall–Kier alpha value is -0.370. The summed E-state index contributed by atoms with van der Waals surface area (Å²) < 4.78 is 5.53. The molecule has 1 aliphatic carbocycles. The van der Waals surface area contributed by atoms with Crippen LogP contribution < -0.4 is 0 Å². The van der Waals surface area contributed by atoms with Crippen molar-refractivity contribution in [2.75, 3.05) is 6.61 Å². The molecule has 2 heteroatoms. The minimum Gasteiger partial charge on any atom is -0.378 e. The fourth-order valence-corrected chi connectivity index (χ4v) is 2.15. The molecule has 0 N–H and O–H groups in total. The van der Waals surface area contributed by atoms with Gasteiger partial charge in [-0.3, -0.25) is 4.79 Å². The predicted octanol–water partition coefficient (Wildman–Crippen LogP) is 2.70. The maximum Gasteiger partial charge on any atom is 0.135 e. The lowest BCUT2D eigenvalue weighted by molar-refractivity contribution is -0.120. The van der Waals surface area contributed by atoms with E-state index in [-0.39, 0.29) is 0 Å². The second-order valence-electron chi connectivity index (χ2n) is 4.62. The van der Waals surface area contributed by atoms with Gasteiger partial charge in [0.1, 0.15) is 5.78 Å². The Labute approximate surface area is 86.0 Å². The Morgan fingerprint density at radius 3 is 2.71 bits per heavy atom. The zero-order valence-electron chi connectivity index (χ0n) is 8.84. The van der Waals surface area contributed by atoms with Gasteiger partial charge >= 0.3 is 0 Å². The van der Waals surface area contributed by atoms with Gasteiger partial charge in [0.05, 0.1) is 6.10 Å². The summed E-state index contributed by atoms with van der Waals surface area (Å²) in [5, 5.41) is 0. The Morgan fingerprint density at radius 2 is 2.07 bits per heavy atom. The van der Waals surface area contributed by atoms with Crippen LogP contribution in [0.5, 0.6) is 0 Å². The molecule has 0 bridgehead atoms. The molecule has 1 atom stereocenters. The van der Waals surface area contributed by atoms with Gasteiger partial charge in [0, 0.05) is 18.9 Å². The highest BCUT2D eigenvalue weighted by Crippen LogP contribution is 2.31. The van der Waals surface area contributed by atoms with E-state index in [0.717, 1.165) is 38.7 Å². The summed E-state index contributed by atoms with van der Waals surface area (Å²) in [7, 11) is 0. The first kappa shape index (κ1) is 10.2. The molecule has 0 aromatic heterocycles. The third-order valence-corrected chi connectivity index (χ3v) is 3.26. The molecule has 0 radical (unpaired) electrons. The molecule has 2 nitrogen and oxygen atoms in total. The van der Waals surface area contributed by atoms with Crippen molar-refractivity contribution >= 4 is 5.78 Å². The quantitative estimate of drug-likeness (QED) is 0.610. The predicted molar refractivity (Wildman–Crippen MR) is 55.2 cm³/mol. The highest BCUT2D eigenvalue weighted by atomic mass is 16.5. The Balaban J connectivity index is 1.48. The minimum absolute atomic E-state index is 0.456. The summed E-state index contributed by atoms with van der Waals surface area (Å²) in [6.45, 7) is 0.950. The molecule has 0 aromatic carbocycles. The lowest BCUT2D eigenvalue weighted by Gasteiger charge is -2.07. The van der Waals surface area contributed by atoms with Crippen molar-refractivity contribution in [2.24, 2.45) is 5.92 Å². The first-order valence-electron chi connectivity index (χ1n) is 6.00. The Kier molecular flexibility index (Phi) is 3.57. The van der Waals surface area contributed by atoms with Gasteiger partial charge in [0.15, 0.2) is 0 Å². The van der Waals surface area contributed by atoms with E-state index in [1.54, 1.807) is 0 Å². The number of ketones is 1. The molecular weight excluding hydrogens is 176 g/mol. The molecule has 80 valence electrons. The van der Waals surface area contributed by atoms with Gasteiger partial charge in [-0.05, 0) is 38.5 Å². The molecule has 2 rings (SSSR count). The van der Waals surface area contributed by atoms with Crippen molar-refractivity contribution in [1.29, 1.82) is 0 Å². The molecule has 0 spiro atoms. The molecule has 0 aromatic rings. The molecule has 1 saturated heterocycles. The number of unbranched alkanes of at least 4 members (excludes halogenated alkanes) is 1. The van der Waals surface area contributed by atoms with Crippen molar-refractivity contribution < 1.29 is 9.53 Å². The lowest BCUT2D eigenvalue weighted by Crippen LogP contribution is -2.05. The molecule has 14 heavy (non-hydrogen) atoms. The lowest BCUT2D eigenvalue weighted by atomic mass is 10.1. The van der Waals surface area contributed by atoms with Crippen LogP contribution in [0.15, 0.2) is 0 Å². The second-order valence-corrected chi connectivity index (χ2v) is 4.62. The summed E-state index contributed by atoms with van der Waals surface area (Å²) >= 11 is 0. The highest BCUT2D eigenvalue weighted by Gasteiger charge is 2.28. The number of rotatable bonds is 6. The van der Waals surface area contributed by atoms with E-state index in [1.807, 2.05) is 0 Å². The van der Waals surface area contributed by atoms with Crippen molar-refractivity contribution in [3.05, 3.63) is 0 Å². The first-order valence-corrected chi connectivity index (χ1v) is 6.00. The van der Waals surface area contributed by atoms with Crippen molar-refractivity contribution in [3.63, 3.8) is 0 Å². The van der Waals surface area contributed by atoms with Gasteiger partial charge in [0.25, 0.3) is 0 Å². The summed E-state index contributed by atoms with van der Waals surface area (Å²) in [5.74, 6) is 0.968. The van der Waals surface area contributed by atoms with Gasteiger partial charge in [-0.25, -0.2) is 0 Å². The first-order chi connectivity index (χ1) is 6.86. The van der Waals surface area contributed by atoms with Crippen LogP contribution in [0.3, 0.4) is 0 Å². The fourth-order valence-electron chi connectivity index (χ4n) is 2.15. The van der Waals surface area contributed by atoms with Crippen molar-refractivity contribution in [3.8, 4) is 0 Å². The standard InChI is InChI=1S/C12H20O2/c13-12(10-7-8-10)6-2-1-4-11-5-3-9-14-11/h10-11H,1-9H2. The number of carbonyl (C=O) groups is 1. The van der Waals surface area contributed by atoms with Gasteiger partial charge < -0.3 is 4.74 Å². The van der Waals surface area contributed by atoms with E-state index in [1.165, 1.54) is 19.3 Å². The highest BCUT2D eigenvalue weighted by molar-refractivity contribution is 5.82. The molecule has 1 heterocycles. The van der Waals surface area contributed by atoms with Gasteiger partial charge in [-0.2, -0.15) is 0 Å². The maximum atomic E-state index is 11.4. The topological polar surface area (TPSA) is 26.3 Å². The average Bonchev–Trinajstić information content (AvgIpc) is 2.92. The number of Topliss-reactive ketones (excluding diaryl/α,β-unsaturated/α-hetero) is 1. The van der Waals surface area contributed by atoms with E-state index >= 15 is 0 Å². The van der Waals surface area contributed by atoms with E-state index in [2.05, 4.69) is 0 Å². The zero-order valence-corrected chi connectivity index (χ0v) is 8.84. The monoisotopic (exact) mass is 196 g/mol. The number of hydrogen-bond acceptors (Lipinski definition) is 2. The zero-order chi connectivity index (χ0) is 9.80. The van der Waals surface area contributed by atoms with Crippen LogP contribution in [0, 0.1) is 5.92 Å². The van der Waals surface area contributed by atoms with Gasteiger partial charge in [-0.1, -0.05) is 6.42 Å². The van der Waals surface area contributed by atoms with E-state index in [9.17, 15) is 4.79 Å². The Morgan fingerprint density at radius 1 is 1.21 bits per heavy atom. The smallest absolute Gasteiger partial charge is 0.135 e. The van der Waals surface area contributed by atoms with E-state index in [4.69, 9.17) is 4.74 Å². The normalized spacial score (nSPS) is 26.7. The molecule has 1 aliphatic heterocycles. The van der Waals surface area contributed by atoms with Crippen LogP contribution in [-0.4, -0.2) is 18.5 Å². The third kappa shape index (κ3) is 3.09.